The minimum Gasteiger partial charge on any atom is -0.495 e. The van der Waals surface area contributed by atoms with Gasteiger partial charge in [0.2, 0.25) is 15.9 Å². The van der Waals surface area contributed by atoms with Crippen molar-refractivity contribution >= 4 is 38.9 Å². The molecule has 1 aromatic heterocycles. The molecule has 1 aliphatic rings. The number of hydrogen-bond donors (Lipinski definition) is 1. The maximum absolute atomic E-state index is 12.7. The molecule has 1 saturated heterocycles. The van der Waals surface area contributed by atoms with Crippen molar-refractivity contribution in [3.63, 3.8) is 0 Å². The first kappa shape index (κ1) is 22.3. The van der Waals surface area contributed by atoms with Crippen LogP contribution in [0.5, 0.6) is 5.75 Å². The lowest BCUT2D eigenvalue weighted by molar-refractivity contribution is -0.121. The Bertz CT molecular complexity index is 1010. The number of methoxy groups -OCH3 is 1. The fraction of sp³-hybridized carbons (Fsp3) is 0.400. The Labute approximate surface area is 180 Å². The highest BCUT2D eigenvalue weighted by Crippen LogP contribution is 2.29. The van der Waals surface area contributed by atoms with Gasteiger partial charge in [0.05, 0.1) is 12.7 Å². The van der Waals surface area contributed by atoms with Gasteiger partial charge in [-0.05, 0) is 42.5 Å². The number of amides is 2. The molecule has 0 saturated carbocycles. The van der Waals surface area contributed by atoms with Crippen molar-refractivity contribution in [1.82, 2.24) is 9.21 Å². The van der Waals surface area contributed by atoms with Crippen LogP contribution in [0.2, 0.25) is 0 Å². The lowest BCUT2D eigenvalue weighted by Crippen LogP contribution is -2.41. The van der Waals surface area contributed by atoms with E-state index in [2.05, 4.69) is 5.32 Å². The second-order valence-corrected chi connectivity index (χ2v) is 10.1. The summed E-state index contributed by atoms with van der Waals surface area (Å²) in [5.74, 6) is -0.228. The minimum atomic E-state index is -3.73. The summed E-state index contributed by atoms with van der Waals surface area (Å²) >= 11 is 1.48. The molecule has 1 fully saturated rings. The Balaban J connectivity index is 1.66. The van der Waals surface area contributed by atoms with Crippen molar-refractivity contribution in [2.75, 3.05) is 39.6 Å². The summed E-state index contributed by atoms with van der Waals surface area (Å²) in [5.41, 5.74) is 1.06. The number of carbonyl (C=O) groups excluding carboxylic acids is 2. The Morgan fingerprint density at radius 2 is 1.90 bits per heavy atom. The number of ether oxygens (including phenoxy) is 1. The van der Waals surface area contributed by atoms with Crippen LogP contribution in [0.1, 0.15) is 23.2 Å². The van der Waals surface area contributed by atoms with Crippen LogP contribution in [0.25, 0.3) is 0 Å². The van der Waals surface area contributed by atoms with E-state index in [1.54, 1.807) is 17.0 Å². The van der Waals surface area contributed by atoms with Crippen molar-refractivity contribution < 1.29 is 22.7 Å². The number of nitrogens with zero attached hydrogens (tertiary/aromatic N) is 2. The first-order chi connectivity index (χ1) is 14.2. The van der Waals surface area contributed by atoms with E-state index in [-0.39, 0.29) is 28.4 Å². The standard InChI is InChI=1S/C20H25N3O5S2/c1-22(2)30(26,27)18-12-16(4-5-17(18)28-3)21-19(24)14-6-9-23(10-7-14)20(25)15-8-11-29-13-15/h4-5,8,11-14H,6-7,9-10H2,1-3H3,(H,21,24). The monoisotopic (exact) mass is 451 g/mol. The molecule has 8 nitrogen and oxygen atoms in total. The predicted molar refractivity (Wildman–Crippen MR) is 115 cm³/mol. The largest absolute Gasteiger partial charge is 0.495 e. The van der Waals surface area contributed by atoms with Crippen molar-refractivity contribution in [2.24, 2.45) is 5.92 Å². The molecule has 1 aliphatic heterocycles. The maximum Gasteiger partial charge on any atom is 0.254 e. The molecule has 0 radical (unpaired) electrons. The third-order valence-corrected chi connectivity index (χ3v) is 7.63. The third kappa shape index (κ3) is 4.66. The van der Waals surface area contributed by atoms with Gasteiger partial charge in [0, 0.05) is 44.2 Å². The minimum absolute atomic E-state index is 0.0102. The Kier molecular flexibility index (Phi) is 6.79. The summed E-state index contributed by atoms with van der Waals surface area (Å²) in [6, 6.07) is 6.34. The predicted octanol–water partition coefficient (Wildman–Crippen LogP) is 2.50. The van der Waals surface area contributed by atoms with Crippen LogP contribution < -0.4 is 10.1 Å². The van der Waals surface area contributed by atoms with Gasteiger partial charge in [-0.25, -0.2) is 12.7 Å². The van der Waals surface area contributed by atoms with Crippen molar-refractivity contribution in [2.45, 2.75) is 17.7 Å². The van der Waals surface area contributed by atoms with Crippen LogP contribution in [-0.2, 0) is 14.8 Å². The zero-order valence-electron chi connectivity index (χ0n) is 17.1. The van der Waals surface area contributed by atoms with E-state index in [0.29, 0.717) is 37.2 Å². The molecule has 0 bridgehead atoms. The van der Waals surface area contributed by atoms with Gasteiger partial charge in [0.25, 0.3) is 5.91 Å². The molecule has 30 heavy (non-hydrogen) atoms. The first-order valence-electron chi connectivity index (χ1n) is 9.47. The van der Waals surface area contributed by atoms with Crippen molar-refractivity contribution in [1.29, 1.82) is 0 Å². The van der Waals surface area contributed by atoms with Gasteiger partial charge in [-0.2, -0.15) is 11.3 Å². The first-order valence-corrected chi connectivity index (χ1v) is 11.8. The summed E-state index contributed by atoms with van der Waals surface area (Å²) in [4.78, 5) is 26.9. The summed E-state index contributed by atoms with van der Waals surface area (Å²) in [6.45, 7) is 1.02. The van der Waals surface area contributed by atoms with E-state index >= 15 is 0 Å². The molecular formula is C20H25N3O5S2. The number of piperidine rings is 1. The number of hydrogen-bond acceptors (Lipinski definition) is 6. The summed E-state index contributed by atoms with van der Waals surface area (Å²) in [7, 11) is 0.540. The van der Waals surface area contributed by atoms with Crippen LogP contribution in [-0.4, -0.2) is 63.7 Å². The molecule has 10 heteroatoms. The van der Waals surface area contributed by atoms with Gasteiger partial charge in [-0.1, -0.05) is 0 Å². The summed E-state index contributed by atoms with van der Waals surface area (Å²) in [6.07, 6.45) is 1.11. The lowest BCUT2D eigenvalue weighted by atomic mass is 9.95. The van der Waals surface area contributed by atoms with E-state index in [1.807, 2.05) is 10.8 Å². The van der Waals surface area contributed by atoms with Crippen LogP contribution in [0.4, 0.5) is 5.69 Å². The molecule has 0 atom stereocenters. The van der Waals surface area contributed by atoms with E-state index in [9.17, 15) is 18.0 Å². The number of likely N-dealkylation sites (tertiary alicyclic amines) is 1. The van der Waals surface area contributed by atoms with E-state index in [0.717, 1.165) is 4.31 Å². The number of anilines is 1. The van der Waals surface area contributed by atoms with Crippen molar-refractivity contribution in [3.05, 3.63) is 40.6 Å². The number of nitrogens with one attached hydrogen (secondary N) is 1. The molecule has 1 N–H and O–H groups in total. The quantitative estimate of drug-likeness (QED) is 0.728. The Morgan fingerprint density at radius 1 is 1.20 bits per heavy atom. The highest BCUT2D eigenvalue weighted by atomic mass is 32.2. The zero-order valence-corrected chi connectivity index (χ0v) is 18.8. The Hall–Kier alpha value is -2.43. The highest BCUT2D eigenvalue weighted by Gasteiger charge is 2.29. The molecule has 162 valence electrons. The second-order valence-electron chi connectivity index (χ2n) is 7.22. The fourth-order valence-electron chi connectivity index (χ4n) is 3.31. The topological polar surface area (TPSA) is 96.0 Å². The smallest absolute Gasteiger partial charge is 0.254 e. The molecule has 1 aromatic carbocycles. The number of carbonyl (C=O) groups is 2. The lowest BCUT2D eigenvalue weighted by Gasteiger charge is -2.31. The van der Waals surface area contributed by atoms with Crippen LogP contribution >= 0.6 is 11.3 Å². The molecule has 0 spiro atoms. The van der Waals surface area contributed by atoms with Gasteiger partial charge in [0.1, 0.15) is 10.6 Å². The van der Waals surface area contributed by atoms with Crippen LogP contribution in [0.15, 0.2) is 39.9 Å². The van der Waals surface area contributed by atoms with Gasteiger partial charge in [-0.15, -0.1) is 0 Å². The van der Waals surface area contributed by atoms with Gasteiger partial charge >= 0.3 is 0 Å². The van der Waals surface area contributed by atoms with Crippen LogP contribution in [0, 0.1) is 5.92 Å². The van der Waals surface area contributed by atoms with Crippen LogP contribution in [0.3, 0.4) is 0 Å². The molecule has 0 unspecified atom stereocenters. The number of benzene rings is 1. The highest BCUT2D eigenvalue weighted by molar-refractivity contribution is 7.89. The van der Waals surface area contributed by atoms with E-state index < -0.39 is 10.0 Å². The maximum atomic E-state index is 12.7. The normalized spacial score (nSPS) is 15.3. The molecule has 2 aromatic rings. The molecular weight excluding hydrogens is 426 g/mol. The molecule has 3 rings (SSSR count). The molecule has 2 heterocycles. The number of sulfonamides is 1. The third-order valence-electron chi connectivity index (χ3n) is 5.11. The van der Waals surface area contributed by atoms with E-state index in [4.69, 9.17) is 4.74 Å². The van der Waals surface area contributed by atoms with E-state index in [1.165, 1.54) is 44.7 Å². The molecule has 2 amide bonds. The van der Waals surface area contributed by atoms with Gasteiger partial charge in [-0.3, -0.25) is 9.59 Å². The Morgan fingerprint density at radius 3 is 2.47 bits per heavy atom. The molecule has 0 aliphatic carbocycles. The second kappa shape index (κ2) is 9.15. The SMILES string of the molecule is COc1ccc(NC(=O)C2CCN(C(=O)c3ccsc3)CC2)cc1S(=O)(=O)N(C)C. The average Bonchev–Trinajstić information content (AvgIpc) is 3.28. The average molecular weight is 452 g/mol. The summed E-state index contributed by atoms with van der Waals surface area (Å²) < 4.78 is 31.4. The summed E-state index contributed by atoms with van der Waals surface area (Å²) in [5, 5.41) is 6.50. The fourth-order valence-corrected chi connectivity index (χ4v) is 5.02. The zero-order chi connectivity index (χ0) is 21.9. The van der Waals surface area contributed by atoms with Gasteiger partial charge < -0.3 is 15.0 Å². The number of thiophene rings is 1. The van der Waals surface area contributed by atoms with Crippen molar-refractivity contribution in [3.8, 4) is 5.75 Å². The van der Waals surface area contributed by atoms with Gasteiger partial charge in [0.15, 0.2) is 0 Å². The number of rotatable bonds is 6.